The van der Waals surface area contributed by atoms with Crippen LogP contribution in [0.2, 0.25) is 0 Å². The number of halogens is 1. The van der Waals surface area contributed by atoms with Gasteiger partial charge in [-0.05, 0) is 5.92 Å². The van der Waals surface area contributed by atoms with E-state index in [1.165, 1.54) is 0 Å². The molecule has 1 atom stereocenters. The van der Waals surface area contributed by atoms with E-state index < -0.39 is 23.8 Å². The lowest BCUT2D eigenvalue weighted by atomic mass is 9.88. The van der Waals surface area contributed by atoms with Crippen LogP contribution in [-0.2, 0) is 9.59 Å². The van der Waals surface area contributed by atoms with Crippen molar-refractivity contribution in [1.82, 2.24) is 0 Å². The molecule has 0 aliphatic rings. The smallest absolute Gasteiger partial charge is 0.177 e. The van der Waals surface area contributed by atoms with Crippen molar-refractivity contribution < 1.29 is 24.3 Å². The van der Waals surface area contributed by atoms with Crippen LogP contribution in [0.4, 0.5) is 0 Å². The Balaban J connectivity index is 0. The minimum atomic E-state index is -1.83. The van der Waals surface area contributed by atoms with E-state index in [9.17, 15) is 19.8 Å². The minimum absolute atomic E-state index is 0. The van der Waals surface area contributed by atoms with Gasteiger partial charge in [0.15, 0.2) is 11.4 Å². The Morgan fingerprint density at radius 2 is 1.72 bits per heavy atom. The van der Waals surface area contributed by atoms with Crippen LogP contribution in [0, 0.1) is 5.92 Å². The van der Waals surface area contributed by atoms with Crippen LogP contribution in [0.15, 0.2) is 0 Å². The molecule has 0 fully saturated rings. The number of carboxylic acid groups (broad SMARTS) is 1. The summed E-state index contributed by atoms with van der Waals surface area (Å²) < 4.78 is 0.313. The number of carbonyl (C=O) groups is 2. The molecule has 0 aromatic carbocycles. The molecule has 0 bridgehead atoms. The summed E-state index contributed by atoms with van der Waals surface area (Å²) in [6.45, 7) is 3.76. The molecule has 0 spiro atoms. The van der Waals surface area contributed by atoms with Crippen LogP contribution >= 0.6 is 12.4 Å². The molecule has 6 heteroatoms. The molecule has 1 unspecified atom stereocenters. The molecule has 5 nitrogen and oxygen atoms in total. The second-order valence-electron chi connectivity index (χ2n) is 6.05. The molecule has 0 aromatic rings. The van der Waals surface area contributed by atoms with Crippen molar-refractivity contribution in [2.45, 2.75) is 32.3 Å². The number of quaternary nitrogens is 1. The molecule has 0 aromatic heterocycles. The SMILES string of the molecule is CC(C)CC(=O)C(O)(CC(=O)[O-])C[N+](C)(C)C.Cl. The van der Waals surface area contributed by atoms with Crippen molar-refractivity contribution in [3.05, 3.63) is 0 Å². The Hall–Kier alpha value is -0.650. The van der Waals surface area contributed by atoms with Gasteiger partial charge in [0, 0.05) is 18.8 Å². The van der Waals surface area contributed by atoms with Gasteiger partial charge in [-0.1, -0.05) is 13.8 Å². The van der Waals surface area contributed by atoms with Gasteiger partial charge < -0.3 is 19.5 Å². The van der Waals surface area contributed by atoms with Crippen molar-refractivity contribution in [3.63, 3.8) is 0 Å². The lowest BCUT2D eigenvalue weighted by Crippen LogP contribution is -2.56. The summed E-state index contributed by atoms with van der Waals surface area (Å²) in [6, 6.07) is 0. The summed E-state index contributed by atoms with van der Waals surface area (Å²) in [5, 5.41) is 20.9. The summed E-state index contributed by atoms with van der Waals surface area (Å²) in [5.41, 5.74) is -1.83. The van der Waals surface area contributed by atoms with Crippen molar-refractivity contribution in [2.24, 2.45) is 5.92 Å². The van der Waals surface area contributed by atoms with E-state index in [0.717, 1.165) is 0 Å². The highest BCUT2D eigenvalue weighted by molar-refractivity contribution is 5.90. The summed E-state index contributed by atoms with van der Waals surface area (Å²) in [5.74, 6) is -1.74. The number of rotatable bonds is 7. The first-order valence-electron chi connectivity index (χ1n) is 5.72. The molecule has 0 amide bonds. The fourth-order valence-electron chi connectivity index (χ4n) is 1.83. The maximum atomic E-state index is 11.9. The predicted octanol–water partition coefficient (Wildman–Crippen LogP) is -0.399. The van der Waals surface area contributed by atoms with E-state index in [2.05, 4.69) is 0 Å². The van der Waals surface area contributed by atoms with E-state index in [1.54, 1.807) is 21.1 Å². The number of carbonyl (C=O) groups excluding carboxylic acids is 2. The van der Waals surface area contributed by atoms with Crippen molar-refractivity contribution in [1.29, 1.82) is 0 Å². The number of nitrogens with zero attached hydrogens (tertiary/aromatic N) is 1. The van der Waals surface area contributed by atoms with Gasteiger partial charge in [0.2, 0.25) is 0 Å². The maximum absolute atomic E-state index is 11.9. The first kappa shape index (κ1) is 19.7. The number of ketones is 1. The van der Waals surface area contributed by atoms with Crippen LogP contribution in [0.3, 0.4) is 0 Å². The molecular formula is C12H24ClNO4. The van der Waals surface area contributed by atoms with Gasteiger partial charge >= 0.3 is 0 Å². The maximum Gasteiger partial charge on any atom is 0.177 e. The number of likely N-dealkylation sites (N-methyl/N-ethyl adjacent to an activating group) is 1. The summed E-state index contributed by atoms with van der Waals surface area (Å²) in [6.07, 6.45) is -0.474. The second kappa shape index (κ2) is 7.07. The third-order valence-corrected chi connectivity index (χ3v) is 2.29. The average molecular weight is 282 g/mol. The van der Waals surface area contributed by atoms with E-state index in [0.29, 0.717) is 4.48 Å². The number of Topliss-reactive ketones (excluding diaryl/α,β-unsaturated/α-hetero) is 1. The number of carboxylic acids is 1. The third-order valence-electron chi connectivity index (χ3n) is 2.29. The van der Waals surface area contributed by atoms with Gasteiger partial charge in [0.25, 0.3) is 0 Å². The predicted molar refractivity (Wildman–Crippen MR) is 69.2 cm³/mol. The lowest BCUT2D eigenvalue weighted by molar-refractivity contribution is -0.875. The monoisotopic (exact) mass is 281 g/mol. The molecule has 108 valence electrons. The topological polar surface area (TPSA) is 77.4 Å². The van der Waals surface area contributed by atoms with Crippen LogP contribution in [0.5, 0.6) is 0 Å². The summed E-state index contributed by atoms with van der Waals surface area (Å²) in [7, 11) is 5.38. The molecule has 0 aliphatic carbocycles. The average Bonchev–Trinajstić information content (AvgIpc) is 1.96. The highest BCUT2D eigenvalue weighted by Crippen LogP contribution is 2.19. The fraction of sp³-hybridized carbons (Fsp3) is 0.833. The molecule has 0 aliphatic heterocycles. The Morgan fingerprint density at radius 3 is 2.00 bits per heavy atom. The first-order valence-corrected chi connectivity index (χ1v) is 5.72. The largest absolute Gasteiger partial charge is 0.550 e. The van der Waals surface area contributed by atoms with E-state index in [4.69, 9.17) is 0 Å². The Labute approximate surface area is 115 Å². The quantitative estimate of drug-likeness (QED) is 0.644. The molecule has 0 saturated carbocycles. The first-order chi connectivity index (χ1) is 7.46. The molecule has 1 N–H and O–H groups in total. The zero-order valence-corrected chi connectivity index (χ0v) is 12.5. The van der Waals surface area contributed by atoms with Gasteiger partial charge in [-0.2, -0.15) is 0 Å². The molecule has 0 saturated heterocycles. The van der Waals surface area contributed by atoms with E-state index in [-0.39, 0.29) is 31.3 Å². The Morgan fingerprint density at radius 1 is 1.28 bits per heavy atom. The van der Waals surface area contributed by atoms with E-state index >= 15 is 0 Å². The number of hydrogen-bond donors (Lipinski definition) is 1. The number of aliphatic hydroxyl groups is 1. The van der Waals surface area contributed by atoms with Crippen LogP contribution < -0.4 is 5.11 Å². The summed E-state index contributed by atoms with van der Waals surface area (Å²) >= 11 is 0. The van der Waals surface area contributed by atoms with Crippen LogP contribution in [0.1, 0.15) is 26.7 Å². The van der Waals surface area contributed by atoms with Gasteiger partial charge in [0.1, 0.15) is 6.54 Å². The minimum Gasteiger partial charge on any atom is -0.550 e. The van der Waals surface area contributed by atoms with Crippen molar-refractivity contribution in [3.8, 4) is 0 Å². The molecule has 0 rings (SSSR count). The number of hydrogen-bond acceptors (Lipinski definition) is 4. The molecule has 0 heterocycles. The van der Waals surface area contributed by atoms with Crippen molar-refractivity contribution in [2.75, 3.05) is 27.7 Å². The molecular weight excluding hydrogens is 258 g/mol. The zero-order valence-electron chi connectivity index (χ0n) is 11.7. The third kappa shape index (κ3) is 7.63. The highest BCUT2D eigenvalue weighted by Gasteiger charge is 2.40. The second-order valence-corrected chi connectivity index (χ2v) is 6.05. The Bertz CT molecular complexity index is 299. The zero-order chi connectivity index (χ0) is 13.9. The van der Waals surface area contributed by atoms with Gasteiger partial charge in [-0.15, -0.1) is 12.4 Å². The fourth-order valence-corrected chi connectivity index (χ4v) is 1.83. The van der Waals surface area contributed by atoms with Crippen LogP contribution in [0.25, 0.3) is 0 Å². The van der Waals surface area contributed by atoms with Gasteiger partial charge in [0.05, 0.1) is 21.1 Å². The Kier molecular flexibility index (Phi) is 7.73. The molecule has 18 heavy (non-hydrogen) atoms. The lowest BCUT2D eigenvalue weighted by Gasteiger charge is -2.35. The number of aliphatic carboxylic acids is 1. The van der Waals surface area contributed by atoms with Gasteiger partial charge in [-0.25, -0.2) is 0 Å². The normalized spacial score (nSPS) is 14.8. The highest BCUT2D eigenvalue weighted by atomic mass is 35.5. The van der Waals surface area contributed by atoms with E-state index in [1.807, 2.05) is 13.8 Å². The summed E-state index contributed by atoms with van der Waals surface area (Å²) in [4.78, 5) is 22.6. The molecule has 0 radical (unpaired) electrons. The van der Waals surface area contributed by atoms with Gasteiger partial charge in [-0.3, -0.25) is 4.79 Å². The standard InChI is InChI=1S/C12H23NO4.ClH/c1-9(2)6-10(14)12(17,7-11(15)16)8-13(3,4)5;/h9,17H,6-8H2,1-5H3;1H. The van der Waals surface area contributed by atoms with Crippen LogP contribution in [-0.4, -0.2) is 54.6 Å². The van der Waals surface area contributed by atoms with Crippen molar-refractivity contribution >= 4 is 24.2 Å².